The van der Waals surface area contributed by atoms with E-state index in [1.54, 1.807) is 38.4 Å². The molecule has 0 fully saturated rings. The summed E-state index contributed by atoms with van der Waals surface area (Å²) in [7, 11) is 0. The van der Waals surface area contributed by atoms with Crippen molar-refractivity contribution in [2.75, 3.05) is 18.5 Å². The molecule has 2 aromatic rings. The van der Waals surface area contributed by atoms with Gasteiger partial charge in [-0.1, -0.05) is 0 Å². The van der Waals surface area contributed by atoms with Gasteiger partial charge in [0.2, 0.25) is 0 Å². The number of amides is 1. The number of anilines is 1. The number of rotatable bonds is 7. The predicted molar refractivity (Wildman–Crippen MR) is 102 cm³/mol. The van der Waals surface area contributed by atoms with E-state index < -0.39 is 17.8 Å². The molecule has 1 amide bonds. The molecule has 1 N–H and O–H groups in total. The number of thiophene rings is 1. The van der Waals surface area contributed by atoms with Crippen LogP contribution in [0.5, 0.6) is 0 Å². The van der Waals surface area contributed by atoms with Gasteiger partial charge in [0.25, 0.3) is 5.91 Å². The molecular formula is C18H23N3O5S. The molecule has 0 radical (unpaired) electrons. The van der Waals surface area contributed by atoms with Gasteiger partial charge in [0.1, 0.15) is 15.6 Å². The van der Waals surface area contributed by atoms with Crippen molar-refractivity contribution in [3.63, 3.8) is 0 Å². The number of aryl methyl sites for hydroxylation is 2. The van der Waals surface area contributed by atoms with Gasteiger partial charge in [0.15, 0.2) is 0 Å². The third-order valence-corrected chi connectivity index (χ3v) is 4.94. The van der Waals surface area contributed by atoms with Crippen LogP contribution in [0.3, 0.4) is 0 Å². The van der Waals surface area contributed by atoms with E-state index in [4.69, 9.17) is 9.47 Å². The summed E-state index contributed by atoms with van der Waals surface area (Å²) in [6.07, 6.45) is 0. The third-order valence-electron chi connectivity index (χ3n) is 3.75. The highest BCUT2D eigenvalue weighted by molar-refractivity contribution is 7.18. The van der Waals surface area contributed by atoms with Gasteiger partial charge in [0.05, 0.1) is 24.5 Å². The largest absolute Gasteiger partial charge is 0.462 e. The van der Waals surface area contributed by atoms with Crippen LogP contribution in [0.25, 0.3) is 0 Å². The minimum Gasteiger partial charge on any atom is -0.462 e. The van der Waals surface area contributed by atoms with Gasteiger partial charge in [-0.3, -0.25) is 9.48 Å². The number of hydrogen-bond donors (Lipinski definition) is 1. The fourth-order valence-corrected chi connectivity index (χ4v) is 3.66. The van der Waals surface area contributed by atoms with E-state index in [9.17, 15) is 14.4 Å². The lowest BCUT2D eigenvalue weighted by Crippen LogP contribution is -2.18. The first kappa shape index (κ1) is 20.6. The normalized spacial score (nSPS) is 10.6. The SMILES string of the molecule is CCOC(=O)c1sc(NC(=O)c2cc(C)nn2CC)c(C(=O)OCC)c1C. The molecule has 0 aromatic carbocycles. The highest BCUT2D eigenvalue weighted by atomic mass is 32.1. The van der Waals surface area contributed by atoms with Crippen molar-refractivity contribution in [2.45, 2.75) is 41.2 Å². The Morgan fingerprint density at radius 1 is 1.11 bits per heavy atom. The molecule has 0 saturated heterocycles. The molecule has 0 spiro atoms. The van der Waals surface area contributed by atoms with Crippen molar-refractivity contribution >= 4 is 34.2 Å². The summed E-state index contributed by atoms with van der Waals surface area (Å²) in [6.45, 7) is 9.60. The monoisotopic (exact) mass is 393 g/mol. The average molecular weight is 393 g/mol. The van der Waals surface area contributed by atoms with Gasteiger partial charge < -0.3 is 14.8 Å². The number of carbonyl (C=O) groups is 3. The maximum absolute atomic E-state index is 12.7. The van der Waals surface area contributed by atoms with Crippen LogP contribution in [0, 0.1) is 13.8 Å². The van der Waals surface area contributed by atoms with E-state index in [1.165, 1.54) is 0 Å². The van der Waals surface area contributed by atoms with Gasteiger partial charge in [-0.2, -0.15) is 5.10 Å². The summed E-state index contributed by atoms with van der Waals surface area (Å²) in [6, 6.07) is 1.66. The van der Waals surface area contributed by atoms with E-state index in [2.05, 4.69) is 10.4 Å². The number of nitrogens with zero attached hydrogens (tertiary/aromatic N) is 2. The summed E-state index contributed by atoms with van der Waals surface area (Å²) in [4.78, 5) is 37.6. The first-order chi connectivity index (χ1) is 12.8. The summed E-state index contributed by atoms with van der Waals surface area (Å²) in [5.74, 6) is -1.56. The molecule has 0 bridgehead atoms. The minimum atomic E-state index is -0.600. The zero-order valence-electron chi connectivity index (χ0n) is 16.0. The van der Waals surface area contributed by atoms with Crippen molar-refractivity contribution in [2.24, 2.45) is 0 Å². The van der Waals surface area contributed by atoms with Gasteiger partial charge in [-0.05, 0) is 46.2 Å². The summed E-state index contributed by atoms with van der Waals surface area (Å²) >= 11 is 0.995. The Hall–Kier alpha value is -2.68. The molecule has 0 aliphatic heterocycles. The second kappa shape index (κ2) is 8.81. The topological polar surface area (TPSA) is 99.5 Å². The summed E-state index contributed by atoms with van der Waals surface area (Å²) in [5, 5.41) is 7.22. The van der Waals surface area contributed by atoms with Gasteiger partial charge in [0, 0.05) is 6.54 Å². The van der Waals surface area contributed by atoms with Crippen LogP contribution >= 0.6 is 11.3 Å². The van der Waals surface area contributed by atoms with E-state index in [-0.39, 0.29) is 28.7 Å². The lowest BCUT2D eigenvalue weighted by molar-refractivity contribution is 0.0527. The Morgan fingerprint density at radius 3 is 2.33 bits per heavy atom. The van der Waals surface area contributed by atoms with Crippen molar-refractivity contribution in [1.29, 1.82) is 0 Å². The molecule has 0 aliphatic carbocycles. The van der Waals surface area contributed by atoms with Gasteiger partial charge in [-0.15, -0.1) is 11.3 Å². The summed E-state index contributed by atoms with van der Waals surface area (Å²) in [5.41, 5.74) is 1.67. The molecule has 2 rings (SSSR count). The maximum atomic E-state index is 12.7. The Labute approximate surface area is 161 Å². The third kappa shape index (κ3) is 4.36. The molecule has 0 atom stereocenters. The molecule has 9 heteroatoms. The maximum Gasteiger partial charge on any atom is 0.348 e. The highest BCUT2D eigenvalue weighted by Gasteiger charge is 2.28. The van der Waals surface area contributed by atoms with Crippen LogP contribution in [0.2, 0.25) is 0 Å². The molecule has 146 valence electrons. The summed E-state index contributed by atoms with van der Waals surface area (Å²) < 4.78 is 11.7. The van der Waals surface area contributed by atoms with E-state index >= 15 is 0 Å². The number of ether oxygens (including phenoxy) is 2. The lowest BCUT2D eigenvalue weighted by atomic mass is 10.1. The van der Waals surface area contributed by atoms with Crippen LogP contribution in [0.15, 0.2) is 6.07 Å². The molecule has 0 unspecified atom stereocenters. The van der Waals surface area contributed by atoms with Crippen molar-refractivity contribution < 1.29 is 23.9 Å². The minimum absolute atomic E-state index is 0.164. The molecular weight excluding hydrogens is 370 g/mol. The molecule has 8 nitrogen and oxygen atoms in total. The van der Waals surface area contributed by atoms with Gasteiger partial charge >= 0.3 is 11.9 Å². The first-order valence-electron chi connectivity index (χ1n) is 8.67. The second-order valence-electron chi connectivity index (χ2n) is 5.64. The Bertz CT molecular complexity index is 869. The number of aromatic nitrogens is 2. The number of hydrogen-bond acceptors (Lipinski definition) is 7. The van der Waals surface area contributed by atoms with Crippen molar-refractivity contribution in [3.8, 4) is 0 Å². The number of nitrogens with one attached hydrogen (secondary N) is 1. The molecule has 2 aromatic heterocycles. The van der Waals surface area contributed by atoms with Gasteiger partial charge in [-0.25, -0.2) is 9.59 Å². The quantitative estimate of drug-likeness (QED) is 0.725. The van der Waals surface area contributed by atoms with Crippen LogP contribution in [0.1, 0.15) is 62.5 Å². The van der Waals surface area contributed by atoms with E-state index in [1.807, 2.05) is 6.92 Å². The second-order valence-corrected chi connectivity index (χ2v) is 6.66. The zero-order chi connectivity index (χ0) is 20.1. The smallest absolute Gasteiger partial charge is 0.348 e. The van der Waals surface area contributed by atoms with Crippen molar-refractivity contribution in [3.05, 3.63) is 33.5 Å². The van der Waals surface area contributed by atoms with E-state index in [0.717, 1.165) is 11.3 Å². The number of esters is 2. The molecule has 0 saturated carbocycles. The average Bonchev–Trinajstić information content (AvgIpc) is 3.15. The van der Waals surface area contributed by atoms with Crippen LogP contribution in [-0.2, 0) is 16.0 Å². The fraction of sp³-hybridized carbons (Fsp3) is 0.444. The molecule has 2 heterocycles. The zero-order valence-corrected chi connectivity index (χ0v) is 16.9. The molecule has 0 aliphatic rings. The lowest BCUT2D eigenvalue weighted by Gasteiger charge is -2.08. The van der Waals surface area contributed by atoms with E-state index in [0.29, 0.717) is 23.5 Å². The van der Waals surface area contributed by atoms with Crippen LogP contribution < -0.4 is 5.32 Å². The van der Waals surface area contributed by atoms with Crippen LogP contribution in [0.4, 0.5) is 5.00 Å². The standard InChI is InChI=1S/C18H23N3O5S/c1-6-21-12(9-10(4)20-21)15(22)19-16-13(17(23)25-7-2)11(5)14(27-16)18(24)26-8-3/h9H,6-8H2,1-5H3,(H,19,22). The fourth-order valence-electron chi connectivity index (χ4n) is 2.58. The predicted octanol–water partition coefficient (Wildman–Crippen LogP) is 3.19. The Kier molecular flexibility index (Phi) is 6.73. The first-order valence-corrected chi connectivity index (χ1v) is 9.48. The van der Waals surface area contributed by atoms with Crippen LogP contribution in [-0.4, -0.2) is 40.8 Å². The highest BCUT2D eigenvalue weighted by Crippen LogP contribution is 2.34. The number of carbonyl (C=O) groups excluding carboxylic acids is 3. The Balaban J connectivity index is 2.44. The van der Waals surface area contributed by atoms with Crippen molar-refractivity contribution in [1.82, 2.24) is 9.78 Å². The molecule has 27 heavy (non-hydrogen) atoms. The Morgan fingerprint density at radius 2 is 1.74 bits per heavy atom.